The van der Waals surface area contributed by atoms with Crippen LogP contribution in [-0.2, 0) is 0 Å². The van der Waals surface area contributed by atoms with Gasteiger partial charge in [0.15, 0.2) is 0 Å². The van der Waals surface area contributed by atoms with Crippen LogP contribution in [0.1, 0.15) is 0 Å². The van der Waals surface area contributed by atoms with Gasteiger partial charge in [0.25, 0.3) is 0 Å². The maximum absolute atomic E-state index is 4.19. The van der Waals surface area contributed by atoms with E-state index >= 15 is 0 Å². The monoisotopic (exact) mass is 220 g/mol. The average Bonchev–Trinajstić information content (AvgIpc) is 0.722. The zero-order valence-electron chi connectivity index (χ0n) is 3.23. The molecule has 0 saturated heterocycles. The second kappa shape index (κ2) is 1.99. The van der Waals surface area contributed by atoms with E-state index in [1.165, 1.54) is 0 Å². The standard InChI is InChI=1S/C2H6IPS/c1-5(2,3)4/h1-2H3. The third-order valence-electron chi connectivity index (χ3n) is 0. The SMILES string of the molecule is CS(C)(#P)I. The molecule has 0 aromatic heterocycles. The van der Waals surface area contributed by atoms with Gasteiger partial charge in [-0.25, -0.2) is 0 Å². The van der Waals surface area contributed by atoms with Crippen molar-refractivity contribution in [2.75, 3.05) is 12.5 Å². The fourth-order valence-corrected chi connectivity index (χ4v) is 0. The van der Waals surface area contributed by atoms with Crippen molar-refractivity contribution in [3.8, 4) is 0 Å². The summed E-state index contributed by atoms with van der Waals surface area (Å²) in [5.41, 5.74) is 0. The first kappa shape index (κ1) is 6.51. The van der Waals surface area contributed by atoms with Gasteiger partial charge in [-0.15, -0.1) is 0 Å². The Morgan fingerprint density at radius 2 is 1.60 bits per heavy atom. The maximum atomic E-state index is 4.19. The Labute approximate surface area is 47.7 Å². The van der Waals surface area contributed by atoms with Crippen LogP contribution in [0.25, 0.3) is 0 Å². The van der Waals surface area contributed by atoms with Crippen LogP contribution in [-0.4, -0.2) is 12.5 Å². The summed E-state index contributed by atoms with van der Waals surface area (Å²) in [4.78, 5) is 0. The first-order chi connectivity index (χ1) is 2.00. The minimum absolute atomic E-state index is 0.502. The molecule has 0 amide bonds. The molecular formula is C2H6IPS. The van der Waals surface area contributed by atoms with E-state index in [1.54, 1.807) is 0 Å². The van der Waals surface area contributed by atoms with Crippen LogP contribution in [0.2, 0.25) is 0 Å². The van der Waals surface area contributed by atoms with Crippen molar-refractivity contribution in [1.82, 2.24) is 0 Å². The summed E-state index contributed by atoms with van der Waals surface area (Å²) in [6.07, 6.45) is 3.74. The third-order valence-corrected chi connectivity index (χ3v) is 0. The van der Waals surface area contributed by atoms with E-state index in [2.05, 4.69) is 41.5 Å². The van der Waals surface area contributed by atoms with Crippen LogP contribution in [0, 0.1) is 0 Å². The normalized spacial score (nSPS) is 11.6. The molecule has 0 aromatic carbocycles. The molecule has 3 heteroatoms. The molecule has 0 aliphatic heterocycles. The second-order valence-electron chi connectivity index (χ2n) is 1.15. The Morgan fingerprint density at radius 3 is 1.60 bits per heavy atom. The van der Waals surface area contributed by atoms with Gasteiger partial charge in [-0.1, -0.05) is 0 Å². The number of hydrogen-bond donors (Lipinski definition) is 0. The first-order valence-corrected chi connectivity index (χ1v) is 7.20. The number of halogens is 1. The molecule has 0 aliphatic carbocycles. The van der Waals surface area contributed by atoms with Crippen LogP contribution < -0.4 is 0 Å². The van der Waals surface area contributed by atoms with E-state index in [1.807, 2.05) is 0 Å². The third kappa shape index (κ3) is 29.8. The van der Waals surface area contributed by atoms with Crippen LogP contribution in [0.4, 0.5) is 0 Å². The zero-order chi connectivity index (χ0) is 4.50. The van der Waals surface area contributed by atoms with Gasteiger partial charge in [0.05, 0.1) is 0 Å². The predicted molar refractivity (Wildman–Crippen MR) is 40.4 cm³/mol. The minimum atomic E-state index is -0.502. The molecule has 32 valence electrons. The number of hydrogen-bond acceptors (Lipinski definition) is 0. The van der Waals surface area contributed by atoms with Crippen molar-refractivity contribution >= 4 is 35.2 Å². The van der Waals surface area contributed by atoms with Gasteiger partial charge in [0.1, 0.15) is 0 Å². The summed E-state index contributed by atoms with van der Waals surface area (Å²) in [6, 6.07) is 0. The molecule has 0 heterocycles. The van der Waals surface area contributed by atoms with Crippen LogP contribution in [0.5, 0.6) is 0 Å². The van der Waals surface area contributed by atoms with Crippen LogP contribution in [0.15, 0.2) is 0 Å². The molecule has 0 spiro atoms. The van der Waals surface area contributed by atoms with E-state index in [0.29, 0.717) is 0 Å². The Morgan fingerprint density at radius 1 is 1.60 bits per heavy atom. The van der Waals surface area contributed by atoms with Gasteiger partial charge in [-0.3, -0.25) is 0 Å². The molecular weight excluding hydrogens is 214 g/mol. The first-order valence-electron chi connectivity index (χ1n) is 1.15. The zero-order valence-corrected chi connectivity index (χ0v) is 7.10. The fraction of sp³-hybridized carbons (Fsp3) is 1.00. The fourth-order valence-electron chi connectivity index (χ4n) is 0. The molecule has 5 heavy (non-hydrogen) atoms. The van der Waals surface area contributed by atoms with Crippen molar-refractivity contribution in [2.45, 2.75) is 0 Å². The molecule has 0 N–H and O–H groups in total. The van der Waals surface area contributed by atoms with E-state index < -0.39 is 6.18 Å². The summed E-state index contributed by atoms with van der Waals surface area (Å²) >= 11 is 2.33. The van der Waals surface area contributed by atoms with E-state index in [4.69, 9.17) is 0 Å². The van der Waals surface area contributed by atoms with E-state index in [9.17, 15) is 0 Å². The molecule has 0 unspecified atom stereocenters. The molecule has 0 radical (unpaired) electrons. The van der Waals surface area contributed by atoms with Gasteiger partial charge < -0.3 is 0 Å². The molecule has 0 aliphatic rings. The number of rotatable bonds is 0. The van der Waals surface area contributed by atoms with Crippen molar-refractivity contribution in [3.05, 3.63) is 0 Å². The molecule has 0 bridgehead atoms. The summed E-state index contributed by atoms with van der Waals surface area (Å²) in [5.74, 6) is 0. The van der Waals surface area contributed by atoms with Crippen LogP contribution in [0.3, 0.4) is 0 Å². The molecule has 0 rings (SSSR count). The summed E-state index contributed by atoms with van der Waals surface area (Å²) in [7, 11) is 4.19. The van der Waals surface area contributed by atoms with Gasteiger partial charge >= 0.3 is 47.7 Å². The topological polar surface area (TPSA) is 0 Å². The average molecular weight is 220 g/mol. The van der Waals surface area contributed by atoms with Gasteiger partial charge in [-0.2, -0.15) is 0 Å². The Balaban J connectivity index is 3.66. The molecule has 0 saturated carbocycles. The van der Waals surface area contributed by atoms with Crippen molar-refractivity contribution in [1.29, 1.82) is 0 Å². The van der Waals surface area contributed by atoms with E-state index in [0.717, 1.165) is 0 Å². The summed E-state index contributed by atoms with van der Waals surface area (Å²) in [6.45, 7) is 0. The van der Waals surface area contributed by atoms with Crippen molar-refractivity contribution in [2.24, 2.45) is 0 Å². The Hall–Kier alpha value is 1.51. The molecule has 0 nitrogen and oxygen atoms in total. The van der Waals surface area contributed by atoms with Gasteiger partial charge in [0, 0.05) is 0 Å². The Bertz CT molecular complexity index is 88.8. The van der Waals surface area contributed by atoms with Gasteiger partial charge in [-0.05, 0) is 0 Å². The second-order valence-corrected chi connectivity index (χ2v) is 14.9. The Kier molecular flexibility index (Phi) is 2.59. The van der Waals surface area contributed by atoms with Gasteiger partial charge in [0.2, 0.25) is 0 Å². The summed E-state index contributed by atoms with van der Waals surface area (Å²) < 4.78 is 0. The predicted octanol–water partition coefficient (Wildman–Crippen LogP) is 2.73. The molecule has 0 aromatic rings. The molecule has 0 fully saturated rings. The molecule has 0 atom stereocenters. The van der Waals surface area contributed by atoms with Crippen LogP contribution >= 0.6 is 35.2 Å². The summed E-state index contributed by atoms with van der Waals surface area (Å²) in [5, 5.41) is 0. The van der Waals surface area contributed by atoms with Crippen molar-refractivity contribution in [3.63, 3.8) is 0 Å². The van der Waals surface area contributed by atoms with E-state index in [-0.39, 0.29) is 0 Å². The van der Waals surface area contributed by atoms with Crippen molar-refractivity contribution < 1.29 is 0 Å². The quantitative estimate of drug-likeness (QED) is 0.435.